The number of anilines is 1. The van der Waals surface area contributed by atoms with Crippen LogP contribution in [0.1, 0.15) is 29.3 Å². The quantitative estimate of drug-likeness (QED) is 0.343. The van der Waals surface area contributed by atoms with Crippen molar-refractivity contribution in [2.24, 2.45) is 0 Å². The molecule has 27 heavy (non-hydrogen) atoms. The third-order valence-corrected chi connectivity index (χ3v) is 4.45. The zero-order chi connectivity index (χ0) is 19.6. The van der Waals surface area contributed by atoms with Crippen LogP contribution in [0.4, 0.5) is 5.69 Å². The van der Waals surface area contributed by atoms with Crippen molar-refractivity contribution in [3.8, 4) is 5.88 Å². The van der Waals surface area contributed by atoms with E-state index in [2.05, 4.69) is 5.32 Å². The zero-order valence-corrected chi connectivity index (χ0v) is 15.2. The molecule has 0 aliphatic rings. The summed E-state index contributed by atoms with van der Waals surface area (Å²) >= 11 is 6.04. The van der Waals surface area contributed by atoms with Crippen LogP contribution in [-0.4, -0.2) is 26.7 Å². The molecular formula is C20H17ClN2O4. The van der Waals surface area contributed by atoms with E-state index in [0.717, 1.165) is 0 Å². The number of nitrogens with one attached hydrogen (secondary N) is 1. The molecule has 0 bridgehead atoms. The van der Waals surface area contributed by atoms with Crippen molar-refractivity contribution < 1.29 is 19.9 Å². The smallest absolute Gasteiger partial charge is 0.248 e. The molecule has 0 aliphatic carbocycles. The highest BCUT2D eigenvalue weighted by molar-refractivity contribution is 6.32. The van der Waals surface area contributed by atoms with Gasteiger partial charge in [-0.2, -0.15) is 4.73 Å². The molecular weight excluding hydrogens is 368 g/mol. The fraction of sp³-hybridized carbons (Fsp3) is 0.100. The Labute approximate surface area is 160 Å². The summed E-state index contributed by atoms with van der Waals surface area (Å²) in [5.74, 6) is -1.19. The zero-order valence-electron chi connectivity index (χ0n) is 14.4. The molecule has 6 nitrogen and oxygen atoms in total. The second-order valence-electron chi connectivity index (χ2n) is 5.86. The number of amides is 1. The van der Waals surface area contributed by atoms with E-state index >= 15 is 0 Å². The minimum absolute atomic E-state index is 0.0616. The Morgan fingerprint density at radius 3 is 2.67 bits per heavy atom. The summed E-state index contributed by atoms with van der Waals surface area (Å²) in [5.41, 5.74) is 1.39. The molecule has 1 heterocycles. The van der Waals surface area contributed by atoms with Crippen LogP contribution in [-0.2, 0) is 4.79 Å². The van der Waals surface area contributed by atoms with E-state index in [4.69, 9.17) is 11.6 Å². The van der Waals surface area contributed by atoms with Crippen molar-refractivity contribution >= 4 is 46.0 Å². The predicted octanol–water partition coefficient (Wildman–Crippen LogP) is 4.48. The average molecular weight is 385 g/mol. The first-order valence-electron chi connectivity index (χ1n) is 8.25. The highest BCUT2D eigenvalue weighted by Crippen LogP contribution is 2.32. The van der Waals surface area contributed by atoms with Crippen LogP contribution in [0.15, 0.2) is 48.5 Å². The number of carbonyl (C=O) groups is 2. The number of halogens is 1. The van der Waals surface area contributed by atoms with E-state index in [1.165, 1.54) is 12.1 Å². The summed E-state index contributed by atoms with van der Waals surface area (Å²) in [4.78, 5) is 24.1. The molecule has 0 radical (unpaired) electrons. The van der Waals surface area contributed by atoms with Crippen molar-refractivity contribution in [3.63, 3.8) is 0 Å². The van der Waals surface area contributed by atoms with E-state index in [0.29, 0.717) is 26.4 Å². The molecule has 3 N–H and O–H groups in total. The van der Waals surface area contributed by atoms with Crippen LogP contribution >= 0.6 is 11.6 Å². The van der Waals surface area contributed by atoms with Gasteiger partial charge >= 0.3 is 0 Å². The molecule has 0 spiro atoms. The largest absolute Gasteiger partial charge is 0.492 e. The van der Waals surface area contributed by atoms with Crippen molar-refractivity contribution in [3.05, 3.63) is 64.7 Å². The summed E-state index contributed by atoms with van der Waals surface area (Å²) in [6.45, 7) is 1.67. The predicted molar refractivity (Wildman–Crippen MR) is 105 cm³/mol. The second kappa shape index (κ2) is 7.55. The molecule has 0 saturated carbocycles. The number of hydrogen-bond acceptors (Lipinski definition) is 4. The molecule has 0 saturated heterocycles. The maximum atomic E-state index is 12.1. The lowest BCUT2D eigenvalue weighted by atomic mass is 10.1. The standard InChI is InChI=1S/C20H17ClN2O4/c1-2-17(24)19-14-9-8-13(11-16(14)23(27)20(19)26)22-18(25)10-7-12-5-3-4-6-15(12)21/h3-11,26-27H,2H2,1H3,(H,22,25)/b10-7+. The first-order chi connectivity index (χ1) is 12.9. The lowest BCUT2D eigenvalue weighted by molar-refractivity contribution is -0.111. The number of carbonyl (C=O) groups excluding carboxylic acids is 2. The van der Waals surface area contributed by atoms with E-state index in [-0.39, 0.29) is 29.2 Å². The molecule has 3 rings (SSSR count). The van der Waals surface area contributed by atoms with Crippen LogP contribution in [0.2, 0.25) is 5.02 Å². The van der Waals surface area contributed by atoms with E-state index in [1.54, 1.807) is 43.3 Å². The van der Waals surface area contributed by atoms with Crippen LogP contribution < -0.4 is 5.32 Å². The minimum atomic E-state index is -0.515. The summed E-state index contributed by atoms with van der Waals surface area (Å²) in [5, 5.41) is 23.7. The van der Waals surface area contributed by atoms with Gasteiger partial charge in [0.05, 0.1) is 11.1 Å². The van der Waals surface area contributed by atoms with E-state index < -0.39 is 5.88 Å². The van der Waals surface area contributed by atoms with Gasteiger partial charge in [-0.15, -0.1) is 0 Å². The minimum Gasteiger partial charge on any atom is -0.492 e. The van der Waals surface area contributed by atoms with Gasteiger partial charge < -0.3 is 15.6 Å². The third-order valence-electron chi connectivity index (χ3n) is 4.11. The number of aromatic hydroxyl groups is 1. The maximum absolute atomic E-state index is 12.1. The van der Waals surface area contributed by atoms with Gasteiger partial charge in [-0.3, -0.25) is 9.59 Å². The van der Waals surface area contributed by atoms with Gasteiger partial charge in [-0.25, -0.2) is 0 Å². The van der Waals surface area contributed by atoms with Crippen LogP contribution in [0.25, 0.3) is 17.0 Å². The lowest BCUT2D eigenvalue weighted by Gasteiger charge is -2.03. The van der Waals surface area contributed by atoms with Gasteiger partial charge in [-0.1, -0.05) is 36.7 Å². The van der Waals surface area contributed by atoms with Crippen LogP contribution in [0, 0.1) is 0 Å². The first kappa shape index (κ1) is 18.5. The normalized spacial score (nSPS) is 11.2. The molecule has 0 atom stereocenters. The van der Waals surface area contributed by atoms with Gasteiger partial charge in [-0.05, 0) is 35.9 Å². The number of benzene rings is 2. The molecule has 138 valence electrons. The topological polar surface area (TPSA) is 91.6 Å². The Hall–Kier alpha value is -3.25. The molecule has 7 heteroatoms. The molecule has 0 aliphatic heterocycles. The molecule has 1 aromatic heterocycles. The Kier molecular flexibility index (Phi) is 5.19. The van der Waals surface area contributed by atoms with Crippen molar-refractivity contribution in [1.29, 1.82) is 0 Å². The van der Waals surface area contributed by atoms with Crippen molar-refractivity contribution in [1.82, 2.24) is 4.73 Å². The maximum Gasteiger partial charge on any atom is 0.248 e. The summed E-state index contributed by atoms with van der Waals surface area (Å²) in [6.07, 6.45) is 3.12. The third kappa shape index (κ3) is 3.66. The summed E-state index contributed by atoms with van der Waals surface area (Å²) < 4.78 is 0.535. The number of hydrogen-bond donors (Lipinski definition) is 3. The van der Waals surface area contributed by atoms with Gasteiger partial charge in [0.15, 0.2) is 5.78 Å². The Morgan fingerprint density at radius 2 is 1.96 bits per heavy atom. The first-order valence-corrected chi connectivity index (χ1v) is 8.63. The summed E-state index contributed by atoms with van der Waals surface area (Å²) in [6, 6.07) is 11.8. The van der Waals surface area contributed by atoms with Crippen LogP contribution in [0.5, 0.6) is 5.88 Å². The Bertz CT molecular complexity index is 1070. The van der Waals surface area contributed by atoms with E-state index in [9.17, 15) is 19.9 Å². The fourth-order valence-electron chi connectivity index (χ4n) is 2.75. The lowest BCUT2D eigenvalue weighted by Crippen LogP contribution is -2.07. The van der Waals surface area contributed by atoms with Crippen LogP contribution in [0.3, 0.4) is 0 Å². The number of fused-ring (bicyclic) bond motifs is 1. The molecule has 3 aromatic rings. The highest BCUT2D eigenvalue weighted by Gasteiger charge is 2.21. The number of rotatable bonds is 5. The molecule has 0 unspecified atom stereocenters. The molecule has 0 fully saturated rings. The molecule has 2 aromatic carbocycles. The highest BCUT2D eigenvalue weighted by atomic mass is 35.5. The fourth-order valence-corrected chi connectivity index (χ4v) is 2.95. The van der Waals surface area contributed by atoms with Gasteiger partial charge in [0.25, 0.3) is 0 Å². The van der Waals surface area contributed by atoms with Crippen molar-refractivity contribution in [2.75, 3.05) is 5.32 Å². The monoisotopic (exact) mass is 384 g/mol. The van der Waals surface area contributed by atoms with Gasteiger partial charge in [0, 0.05) is 28.6 Å². The Balaban J connectivity index is 1.86. The number of nitrogens with zero attached hydrogens (tertiary/aromatic N) is 1. The summed E-state index contributed by atoms with van der Waals surface area (Å²) in [7, 11) is 0. The number of aromatic nitrogens is 1. The average Bonchev–Trinajstić information content (AvgIpc) is 2.91. The van der Waals surface area contributed by atoms with Gasteiger partial charge in [0.2, 0.25) is 11.8 Å². The number of ketones is 1. The van der Waals surface area contributed by atoms with Gasteiger partial charge in [0.1, 0.15) is 0 Å². The van der Waals surface area contributed by atoms with Crippen molar-refractivity contribution in [2.45, 2.75) is 13.3 Å². The number of Topliss-reactive ketones (excluding diaryl/α,β-unsaturated/α-hetero) is 1. The SMILES string of the molecule is CCC(=O)c1c(O)n(O)c2cc(NC(=O)/C=C/c3ccccc3Cl)ccc12. The van der Waals surface area contributed by atoms with E-state index in [1.807, 2.05) is 6.07 Å². The Morgan fingerprint density at radius 1 is 1.22 bits per heavy atom. The second-order valence-corrected chi connectivity index (χ2v) is 6.27. The molecule has 1 amide bonds.